The molecule has 16 nitrogen and oxygen atoms in total. The van der Waals surface area contributed by atoms with Crippen LogP contribution in [0.4, 0.5) is 9.59 Å². The minimum Gasteiger partial charge on any atom is -0.460 e. The lowest BCUT2D eigenvalue weighted by Crippen LogP contribution is -2.59. The molecule has 8 aliphatic rings. The summed E-state index contributed by atoms with van der Waals surface area (Å²) in [4.78, 5) is 83.7. The topological polar surface area (TPSA) is 187 Å². The highest BCUT2D eigenvalue weighted by Gasteiger charge is 2.56. The highest BCUT2D eigenvalue weighted by molar-refractivity contribution is 5.89. The molecule has 4 bridgehead atoms. The van der Waals surface area contributed by atoms with E-state index in [4.69, 9.17) is 14.3 Å². The molecule has 3 N–H and O–H groups in total. The van der Waals surface area contributed by atoms with Crippen molar-refractivity contribution in [2.24, 2.45) is 22.7 Å². The molecule has 4 heterocycles. The Morgan fingerprint density at radius 3 is 1.57 bits per heavy atom. The molecule has 2 spiro atoms. The lowest BCUT2D eigenvalue weighted by Gasteiger charge is -2.58. The van der Waals surface area contributed by atoms with Crippen LogP contribution in [0.2, 0.25) is 0 Å². The van der Waals surface area contributed by atoms with Crippen LogP contribution in [-0.2, 0) is 40.1 Å². The van der Waals surface area contributed by atoms with Gasteiger partial charge in [0.15, 0.2) is 0 Å². The maximum atomic E-state index is 13.1. The smallest absolute Gasteiger partial charge is 0.345 e. The first kappa shape index (κ1) is 45.1. The van der Waals surface area contributed by atoms with Crippen molar-refractivity contribution in [1.29, 1.82) is 0 Å². The second-order valence-electron chi connectivity index (χ2n) is 22.2. The van der Waals surface area contributed by atoms with Crippen LogP contribution in [-0.4, -0.2) is 121 Å². The molecule has 4 aliphatic heterocycles. The third-order valence-electron chi connectivity index (χ3n) is 14.5. The van der Waals surface area contributed by atoms with Gasteiger partial charge >= 0.3 is 24.0 Å². The zero-order chi connectivity index (χ0) is 45.1. The Bertz CT molecular complexity index is 1900. The molecule has 63 heavy (non-hydrogen) atoms. The molecule has 4 atom stereocenters. The minimum atomic E-state index is -0.473. The van der Waals surface area contributed by atoms with E-state index in [1.165, 1.54) is 9.96 Å². The summed E-state index contributed by atoms with van der Waals surface area (Å²) in [5.74, 6) is 0.382. The molecule has 4 saturated carbocycles. The molecule has 6 amide bonds. The summed E-state index contributed by atoms with van der Waals surface area (Å²) in [5, 5.41) is 18.3. The van der Waals surface area contributed by atoms with Crippen LogP contribution >= 0.6 is 0 Å². The fourth-order valence-electron chi connectivity index (χ4n) is 12.0. The van der Waals surface area contributed by atoms with Crippen molar-refractivity contribution in [3.8, 4) is 0 Å². The number of hydrogen-bond donors (Lipinski definition) is 3. The van der Waals surface area contributed by atoms with Crippen molar-refractivity contribution < 1.29 is 48.3 Å². The van der Waals surface area contributed by atoms with E-state index in [-0.39, 0.29) is 64.8 Å². The average Bonchev–Trinajstić information content (AvgIpc) is 3.51. The van der Waals surface area contributed by atoms with Crippen molar-refractivity contribution in [1.82, 2.24) is 30.6 Å². The Hall–Kier alpha value is -4.44. The van der Waals surface area contributed by atoms with Gasteiger partial charge in [0.1, 0.15) is 29.9 Å². The van der Waals surface area contributed by atoms with E-state index in [2.05, 4.69) is 10.6 Å². The van der Waals surface area contributed by atoms with E-state index < -0.39 is 29.3 Å². The number of urea groups is 2. The van der Waals surface area contributed by atoms with E-state index >= 15 is 0 Å². The molecule has 0 radical (unpaired) electrons. The van der Waals surface area contributed by atoms with Gasteiger partial charge in [0, 0.05) is 38.0 Å². The maximum absolute atomic E-state index is 13.1. The summed E-state index contributed by atoms with van der Waals surface area (Å²) >= 11 is 0. The van der Waals surface area contributed by atoms with Gasteiger partial charge < -0.3 is 29.9 Å². The number of benzene rings is 1. The largest absolute Gasteiger partial charge is 0.460 e. The van der Waals surface area contributed by atoms with Gasteiger partial charge in [-0.15, -0.1) is 0 Å². The number of amides is 6. The number of esters is 2. The lowest BCUT2D eigenvalue weighted by atomic mass is 9.49. The minimum absolute atomic E-state index is 0.000817. The zero-order valence-electron chi connectivity index (χ0n) is 37.9. The number of hydrogen-bond acceptors (Lipinski definition) is 10. The summed E-state index contributed by atoms with van der Waals surface area (Å²) < 4.78 is 10.8. The molecular formula is C47H68N6O10. The van der Waals surface area contributed by atoms with Gasteiger partial charge in [-0.1, -0.05) is 30.3 Å². The Balaban J connectivity index is 0.000000177. The van der Waals surface area contributed by atoms with Crippen molar-refractivity contribution in [2.45, 2.75) is 185 Å². The predicted octanol–water partition coefficient (Wildman–Crippen LogP) is 5.84. The normalized spacial score (nSPS) is 34.0. The second-order valence-corrected chi connectivity index (χ2v) is 22.2. The first-order chi connectivity index (χ1) is 29.7. The number of carbonyl (C=O) groups excluding carboxylic acids is 6. The van der Waals surface area contributed by atoms with Crippen LogP contribution in [0.25, 0.3) is 0 Å². The van der Waals surface area contributed by atoms with E-state index in [9.17, 15) is 34.0 Å². The molecule has 1 aromatic carbocycles. The predicted molar refractivity (Wildman–Crippen MR) is 228 cm³/mol. The number of ether oxygens (including phenoxy) is 2. The van der Waals surface area contributed by atoms with Crippen LogP contribution in [0.1, 0.15) is 137 Å². The molecule has 346 valence electrons. The van der Waals surface area contributed by atoms with E-state index in [1.807, 2.05) is 71.9 Å². The molecule has 9 rings (SSSR count). The second kappa shape index (κ2) is 17.2. The Morgan fingerprint density at radius 2 is 1.10 bits per heavy atom. The van der Waals surface area contributed by atoms with Crippen molar-refractivity contribution >= 4 is 35.8 Å². The van der Waals surface area contributed by atoms with Gasteiger partial charge in [0.2, 0.25) is 11.8 Å². The fraction of sp³-hybridized carbons (Fsp3) is 0.745. The fourth-order valence-corrected chi connectivity index (χ4v) is 12.0. The van der Waals surface area contributed by atoms with Gasteiger partial charge in [-0.05, 0) is 147 Å². The number of rotatable bonds is 11. The summed E-state index contributed by atoms with van der Waals surface area (Å²) in [5.41, 5.74) is 0.675. The van der Waals surface area contributed by atoms with Crippen molar-refractivity contribution in [2.75, 3.05) is 13.1 Å². The van der Waals surface area contributed by atoms with Crippen LogP contribution in [0, 0.1) is 22.7 Å². The van der Waals surface area contributed by atoms with Gasteiger partial charge in [0.25, 0.3) is 0 Å². The average molecular weight is 877 g/mol. The van der Waals surface area contributed by atoms with Gasteiger partial charge in [-0.3, -0.25) is 29.2 Å². The van der Waals surface area contributed by atoms with Crippen LogP contribution in [0.3, 0.4) is 0 Å². The first-order valence-electron chi connectivity index (χ1n) is 23.3. The Labute approximate surface area is 371 Å². The maximum Gasteiger partial charge on any atom is 0.345 e. The van der Waals surface area contributed by atoms with Crippen molar-refractivity contribution in [3.05, 3.63) is 35.9 Å². The molecule has 0 aromatic heterocycles. The zero-order valence-corrected chi connectivity index (χ0v) is 37.9. The molecule has 1 aromatic rings. The summed E-state index contributed by atoms with van der Waals surface area (Å²) in [6.07, 6.45) is 11.5. The number of nitrogens with one attached hydrogen (secondary N) is 2. The molecule has 8 fully saturated rings. The lowest BCUT2D eigenvalue weighted by molar-refractivity contribution is -0.161. The van der Waals surface area contributed by atoms with Crippen LogP contribution in [0.5, 0.6) is 0 Å². The molecule has 0 unspecified atom stereocenters. The monoisotopic (exact) mass is 876 g/mol. The quantitative estimate of drug-likeness (QED) is 0.180. The summed E-state index contributed by atoms with van der Waals surface area (Å²) in [7, 11) is 0. The number of fused-ring (bicyclic) bond motifs is 4. The third-order valence-corrected chi connectivity index (χ3v) is 14.5. The molecule has 4 aliphatic carbocycles. The van der Waals surface area contributed by atoms with Crippen molar-refractivity contribution in [3.63, 3.8) is 0 Å². The Kier molecular flexibility index (Phi) is 12.3. The van der Waals surface area contributed by atoms with Crippen LogP contribution < -0.4 is 10.6 Å². The summed E-state index contributed by atoms with van der Waals surface area (Å²) in [6.45, 7) is 12.6. The molecule has 16 heteroatoms. The van der Waals surface area contributed by atoms with E-state index in [0.717, 1.165) is 68.4 Å². The highest BCUT2D eigenvalue weighted by atomic mass is 16.7. The third kappa shape index (κ3) is 10.1. The van der Waals surface area contributed by atoms with E-state index in [0.29, 0.717) is 63.6 Å². The SMILES string of the molecule is CC(C)(C)OC(=O)CC1CC2(C1)CC(NC(=O)[C@@H]1CC[C@@H]3CN1C(=O)N3O)C2.CC(C)(C)OC(=O)CC1CC2(C1)CC(NC(=O)[C@@H]1CC[C@@H]3CN1C(=O)N3OCc1ccccc1)C2. The highest BCUT2D eigenvalue weighted by Crippen LogP contribution is 2.60. The number of hydroxylamine groups is 4. The van der Waals surface area contributed by atoms with Gasteiger partial charge in [-0.2, -0.15) is 5.06 Å². The van der Waals surface area contributed by atoms with Gasteiger partial charge in [0.05, 0.1) is 12.1 Å². The first-order valence-corrected chi connectivity index (χ1v) is 23.3. The standard InChI is InChI=1S/C27H37N3O5.C20H31N3O5/c1-26(2,3)35-23(31)11-19-12-27(13-19)14-20(15-27)28-24(32)22-10-9-21-16-29(22)25(33)30(21)34-17-18-7-5-4-6-8-18;1-19(2,3)28-16(24)6-12-7-20(8-12)9-13(10-20)21-17(25)15-5-4-14-11-22(15)18(26)23(14)27/h4-8,19-22H,9-17H2,1-3H3,(H,28,32);12-15,27H,4-11H2,1-3H3,(H,21,25)/t19?,20?,21-,22+,27?;12?,13?,14-,15+,20?/m11/s1. The molecule has 4 saturated heterocycles. The van der Waals surface area contributed by atoms with Crippen LogP contribution in [0.15, 0.2) is 30.3 Å². The number of carbonyl (C=O) groups is 6. The molecular weight excluding hydrogens is 809 g/mol. The van der Waals surface area contributed by atoms with E-state index in [1.54, 1.807) is 4.90 Å². The number of nitrogens with zero attached hydrogens (tertiary/aromatic N) is 4. The Morgan fingerprint density at radius 1 is 0.651 bits per heavy atom. The summed E-state index contributed by atoms with van der Waals surface area (Å²) in [6, 6.07) is 8.33. The number of piperidine rings is 2. The van der Waals surface area contributed by atoms with Gasteiger partial charge in [-0.25, -0.2) is 14.7 Å².